The Hall–Kier alpha value is -0.890. The van der Waals surface area contributed by atoms with Gasteiger partial charge in [-0.05, 0) is 49.7 Å². The van der Waals surface area contributed by atoms with Crippen molar-refractivity contribution in [3.05, 3.63) is 23.3 Å². The molecule has 2 rings (SSSR count). The molecule has 2 nitrogen and oxygen atoms in total. The third-order valence-corrected chi connectivity index (χ3v) is 4.08. The fourth-order valence-electron chi connectivity index (χ4n) is 2.66. The number of rotatable bonds is 2. The number of aliphatic hydroxyl groups is 1. The Bertz CT molecular complexity index is 376. The summed E-state index contributed by atoms with van der Waals surface area (Å²) in [5.74, 6) is 0.373. The second kappa shape index (κ2) is 4.77. The van der Waals surface area contributed by atoms with Crippen molar-refractivity contribution in [2.24, 2.45) is 5.92 Å². The summed E-state index contributed by atoms with van der Waals surface area (Å²) < 4.78 is 0. The topological polar surface area (TPSA) is 37.3 Å². The van der Waals surface area contributed by atoms with Crippen LogP contribution in [0.3, 0.4) is 0 Å². The Balaban J connectivity index is 2.32. The van der Waals surface area contributed by atoms with Gasteiger partial charge in [-0.3, -0.25) is 4.79 Å². The molecule has 0 radical (unpaired) electrons. The third-order valence-electron chi connectivity index (χ3n) is 4.08. The second-order valence-corrected chi connectivity index (χ2v) is 5.60. The van der Waals surface area contributed by atoms with E-state index in [1.807, 2.05) is 19.9 Å². The van der Waals surface area contributed by atoms with E-state index in [0.29, 0.717) is 12.8 Å². The molecule has 0 amide bonds. The summed E-state index contributed by atoms with van der Waals surface area (Å²) in [6, 6.07) is 0. The Morgan fingerprint density at radius 1 is 1.29 bits per heavy atom. The first kappa shape index (κ1) is 12.6. The molecule has 2 aliphatic rings. The largest absolute Gasteiger partial charge is 0.385 e. The number of hydrogen-bond donors (Lipinski definition) is 1. The van der Waals surface area contributed by atoms with Crippen molar-refractivity contribution in [2.75, 3.05) is 0 Å². The van der Waals surface area contributed by atoms with Gasteiger partial charge in [0, 0.05) is 12.0 Å². The monoisotopic (exact) mass is 234 g/mol. The van der Waals surface area contributed by atoms with Crippen LogP contribution in [-0.4, -0.2) is 16.5 Å². The zero-order chi connectivity index (χ0) is 12.5. The summed E-state index contributed by atoms with van der Waals surface area (Å²) in [6.07, 6.45) is 9.51. The molecule has 0 aromatic heterocycles. The van der Waals surface area contributed by atoms with E-state index in [2.05, 4.69) is 6.08 Å². The summed E-state index contributed by atoms with van der Waals surface area (Å²) in [4.78, 5) is 12.0. The van der Waals surface area contributed by atoms with Crippen LogP contribution in [0.2, 0.25) is 0 Å². The molecule has 0 spiro atoms. The zero-order valence-electron chi connectivity index (χ0n) is 10.8. The van der Waals surface area contributed by atoms with Crippen molar-refractivity contribution in [1.29, 1.82) is 0 Å². The van der Waals surface area contributed by atoms with Crippen molar-refractivity contribution in [2.45, 2.75) is 58.0 Å². The normalized spacial score (nSPS) is 30.2. The standard InChI is InChI=1S/C15H22O2/c1-11(2)15(17)9-8-14(16)13(10-15)12-6-4-3-5-7-12/h6,10-11,17H,3-5,7-9H2,1-2H3. The number of carbonyl (C=O) groups is 1. The van der Waals surface area contributed by atoms with Gasteiger partial charge in [0.2, 0.25) is 0 Å². The molecular formula is C15H22O2. The molecule has 0 saturated carbocycles. The van der Waals surface area contributed by atoms with Gasteiger partial charge in [-0.2, -0.15) is 0 Å². The molecule has 2 heteroatoms. The highest BCUT2D eigenvalue weighted by Gasteiger charge is 2.35. The molecule has 0 aliphatic heterocycles. The van der Waals surface area contributed by atoms with Crippen LogP contribution in [-0.2, 0) is 4.79 Å². The van der Waals surface area contributed by atoms with Crippen LogP contribution in [0.1, 0.15) is 52.4 Å². The van der Waals surface area contributed by atoms with Crippen LogP contribution in [0, 0.1) is 5.92 Å². The molecule has 1 N–H and O–H groups in total. The minimum Gasteiger partial charge on any atom is -0.385 e. The number of allylic oxidation sites excluding steroid dienone is 3. The Morgan fingerprint density at radius 2 is 2.06 bits per heavy atom. The number of Topliss-reactive ketones (excluding diaryl/α,β-unsaturated/α-hetero) is 1. The van der Waals surface area contributed by atoms with Crippen molar-refractivity contribution in [3.8, 4) is 0 Å². The quantitative estimate of drug-likeness (QED) is 0.797. The summed E-state index contributed by atoms with van der Waals surface area (Å²) >= 11 is 0. The third kappa shape index (κ3) is 2.52. The summed E-state index contributed by atoms with van der Waals surface area (Å²) in [6.45, 7) is 4.03. The first-order chi connectivity index (χ1) is 8.03. The van der Waals surface area contributed by atoms with E-state index in [4.69, 9.17) is 0 Å². The van der Waals surface area contributed by atoms with E-state index in [0.717, 1.165) is 24.8 Å². The van der Waals surface area contributed by atoms with Crippen molar-refractivity contribution >= 4 is 5.78 Å². The molecule has 0 saturated heterocycles. The van der Waals surface area contributed by atoms with Gasteiger partial charge in [0.05, 0.1) is 5.60 Å². The Morgan fingerprint density at radius 3 is 2.65 bits per heavy atom. The van der Waals surface area contributed by atoms with Crippen molar-refractivity contribution in [3.63, 3.8) is 0 Å². The van der Waals surface area contributed by atoms with Gasteiger partial charge in [-0.15, -0.1) is 0 Å². The first-order valence-corrected chi connectivity index (χ1v) is 6.71. The lowest BCUT2D eigenvalue weighted by molar-refractivity contribution is -0.117. The average molecular weight is 234 g/mol. The lowest BCUT2D eigenvalue weighted by Gasteiger charge is -2.34. The number of carbonyl (C=O) groups excluding carboxylic acids is 1. The molecule has 17 heavy (non-hydrogen) atoms. The number of ketones is 1. The summed E-state index contributed by atoms with van der Waals surface area (Å²) in [7, 11) is 0. The Kier molecular flexibility index (Phi) is 3.53. The maximum atomic E-state index is 12.0. The van der Waals surface area contributed by atoms with Gasteiger partial charge in [-0.25, -0.2) is 0 Å². The van der Waals surface area contributed by atoms with Gasteiger partial charge in [-0.1, -0.05) is 19.9 Å². The highest BCUT2D eigenvalue weighted by molar-refractivity contribution is 6.00. The first-order valence-electron chi connectivity index (χ1n) is 6.71. The molecule has 1 atom stereocenters. The van der Waals surface area contributed by atoms with Gasteiger partial charge >= 0.3 is 0 Å². The van der Waals surface area contributed by atoms with Crippen molar-refractivity contribution in [1.82, 2.24) is 0 Å². The van der Waals surface area contributed by atoms with E-state index in [1.165, 1.54) is 12.0 Å². The van der Waals surface area contributed by atoms with Crippen LogP contribution >= 0.6 is 0 Å². The van der Waals surface area contributed by atoms with Gasteiger partial charge in [0.25, 0.3) is 0 Å². The van der Waals surface area contributed by atoms with Crippen LogP contribution < -0.4 is 0 Å². The highest BCUT2D eigenvalue weighted by atomic mass is 16.3. The van der Waals surface area contributed by atoms with Crippen LogP contribution in [0.25, 0.3) is 0 Å². The SMILES string of the molecule is CC(C)C1(O)C=C(C2=CCCCC2)C(=O)CC1. The minimum atomic E-state index is -0.790. The lowest BCUT2D eigenvalue weighted by Crippen LogP contribution is -2.37. The van der Waals surface area contributed by atoms with Crippen LogP contribution in [0.15, 0.2) is 23.3 Å². The zero-order valence-corrected chi connectivity index (χ0v) is 10.8. The van der Waals surface area contributed by atoms with Crippen LogP contribution in [0.5, 0.6) is 0 Å². The smallest absolute Gasteiger partial charge is 0.163 e. The highest BCUT2D eigenvalue weighted by Crippen LogP contribution is 2.35. The predicted molar refractivity (Wildman–Crippen MR) is 68.7 cm³/mol. The van der Waals surface area contributed by atoms with Gasteiger partial charge in [0.15, 0.2) is 5.78 Å². The van der Waals surface area contributed by atoms with Gasteiger partial charge < -0.3 is 5.11 Å². The minimum absolute atomic E-state index is 0.162. The Labute approximate surface area is 103 Å². The molecule has 0 fully saturated rings. The molecule has 0 aromatic rings. The second-order valence-electron chi connectivity index (χ2n) is 5.60. The van der Waals surface area contributed by atoms with E-state index in [9.17, 15) is 9.90 Å². The maximum absolute atomic E-state index is 12.0. The number of hydrogen-bond acceptors (Lipinski definition) is 2. The maximum Gasteiger partial charge on any atom is 0.163 e. The molecule has 0 aromatic carbocycles. The molecule has 94 valence electrons. The fourth-order valence-corrected chi connectivity index (χ4v) is 2.66. The molecule has 1 unspecified atom stereocenters. The molecular weight excluding hydrogens is 212 g/mol. The van der Waals surface area contributed by atoms with Gasteiger partial charge in [0.1, 0.15) is 0 Å². The van der Waals surface area contributed by atoms with E-state index >= 15 is 0 Å². The van der Waals surface area contributed by atoms with E-state index in [1.54, 1.807) is 0 Å². The average Bonchev–Trinajstić information content (AvgIpc) is 2.33. The summed E-state index contributed by atoms with van der Waals surface area (Å²) in [5.41, 5.74) is 1.17. The molecule has 0 heterocycles. The molecule has 0 bridgehead atoms. The molecule has 2 aliphatic carbocycles. The van der Waals surface area contributed by atoms with Crippen LogP contribution in [0.4, 0.5) is 0 Å². The van der Waals surface area contributed by atoms with Crippen molar-refractivity contribution < 1.29 is 9.90 Å². The summed E-state index contributed by atoms with van der Waals surface area (Å²) in [5, 5.41) is 10.5. The van der Waals surface area contributed by atoms with E-state index < -0.39 is 5.60 Å². The predicted octanol–water partition coefficient (Wildman–Crippen LogP) is 3.16. The lowest BCUT2D eigenvalue weighted by atomic mass is 9.76. The van der Waals surface area contributed by atoms with E-state index in [-0.39, 0.29) is 11.7 Å². The fraction of sp³-hybridized carbons (Fsp3) is 0.667.